The van der Waals surface area contributed by atoms with Crippen LogP contribution >= 0.6 is 0 Å². The summed E-state index contributed by atoms with van der Waals surface area (Å²) in [7, 11) is 0. The van der Waals surface area contributed by atoms with Gasteiger partial charge in [0.25, 0.3) is 0 Å². The fraction of sp³-hybridized carbons (Fsp3) is 0.667. The lowest BCUT2D eigenvalue weighted by Crippen LogP contribution is -2.10. The topological polar surface area (TPSA) is 68.8 Å². The molecule has 0 spiro atoms. The van der Waals surface area contributed by atoms with Gasteiger partial charge in [0.1, 0.15) is 13.1 Å². The Morgan fingerprint density at radius 1 is 0.773 bits per heavy atom. The lowest BCUT2D eigenvalue weighted by molar-refractivity contribution is 0.328. The van der Waals surface area contributed by atoms with Gasteiger partial charge >= 0.3 is 0 Å². The van der Waals surface area contributed by atoms with E-state index >= 15 is 0 Å². The van der Waals surface area contributed by atoms with Crippen LogP contribution in [0.3, 0.4) is 0 Å². The standard InChI is InChI=1S/C15H23N7/c1-2-9-21(8-1)19-16-12-14-6-5-7-15(18-14)13-17-20-22-10-3-4-11-22/h5-7H,1-4,8-13H2. The van der Waals surface area contributed by atoms with E-state index in [0.29, 0.717) is 13.1 Å². The van der Waals surface area contributed by atoms with Crippen LogP contribution in [-0.4, -0.2) is 41.2 Å². The third kappa shape index (κ3) is 4.47. The van der Waals surface area contributed by atoms with Gasteiger partial charge in [-0.05, 0) is 37.8 Å². The van der Waals surface area contributed by atoms with Gasteiger partial charge in [0.2, 0.25) is 0 Å². The van der Waals surface area contributed by atoms with Crippen molar-refractivity contribution in [3.63, 3.8) is 0 Å². The predicted molar refractivity (Wildman–Crippen MR) is 83.0 cm³/mol. The Morgan fingerprint density at radius 2 is 1.23 bits per heavy atom. The number of pyridine rings is 1. The molecule has 3 rings (SSSR count). The number of hydrogen-bond acceptors (Lipinski definition) is 5. The van der Waals surface area contributed by atoms with Crippen molar-refractivity contribution >= 4 is 0 Å². The number of rotatable bonds is 6. The monoisotopic (exact) mass is 301 g/mol. The summed E-state index contributed by atoms with van der Waals surface area (Å²) in [6, 6.07) is 5.95. The van der Waals surface area contributed by atoms with Crippen molar-refractivity contribution in [1.82, 2.24) is 15.0 Å². The maximum absolute atomic E-state index is 4.56. The molecule has 1 aromatic heterocycles. The molecule has 2 aliphatic heterocycles. The van der Waals surface area contributed by atoms with E-state index in [0.717, 1.165) is 37.6 Å². The molecule has 2 fully saturated rings. The molecule has 0 radical (unpaired) electrons. The van der Waals surface area contributed by atoms with Gasteiger partial charge in [0, 0.05) is 26.2 Å². The van der Waals surface area contributed by atoms with E-state index in [4.69, 9.17) is 0 Å². The van der Waals surface area contributed by atoms with Gasteiger partial charge in [-0.1, -0.05) is 16.5 Å². The second-order valence-electron chi connectivity index (χ2n) is 5.72. The lowest BCUT2D eigenvalue weighted by Gasteiger charge is -2.07. The van der Waals surface area contributed by atoms with Crippen molar-refractivity contribution in [2.45, 2.75) is 38.8 Å². The normalized spacial score (nSPS) is 19.1. The molecule has 7 nitrogen and oxygen atoms in total. The van der Waals surface area contributed by atoms with Crippen LogP contribution < -0.4 is 0 Å². The molecule has 118 valence electrons. The second kappa shape index (κ2) is 7.82. The molecule has 7 heteroatoms. The summed E-state index contributed by atoms with van der Waals surface area (Å²) in [5, 5.41) is 21.0. The van der Waals surface area contributed by atoms with Crippen molar-refractivity contribution in [2.24, 2.45) is 20.7 Å². The Morgan fingerprint density at radius 3 is 1.68 bits per heavy atom. The molecular formula is C15H23N7. The first kappa shape index (κ1) is 14.9. The van der Waals surface area contributed by atoms with Gasteiger partial charge in [-0.25, -0.2) is 0 Å². The van der Waals surface area contributed by atoms with Crippen molar-refractivity contribution in [3.05, 3.63) is 29.6 Å². The van der Waals surface area contributed by atoms with Crippen molar-refractivity contribution in [1.29, 1.82) is 0 Å². The summed E-state index contributed by atoms with van der Waals surface area (Å²) in [5.74, 6) is 0. The molecule has 3 heterocycles. The van der Waals surface area contributed by atoms with Gasteiger partial charge in [0.15, 0.2) is 0 Å². The van der Waals surface area contributed by atoms with Crippen molar-refractivity contribution in [3.8, 4) is 0 Å². The molecule has 0 atom stereocenters. The Labute approximate surface area is 131 Å². The zero-order valence-electron chi connectivity index (χ0n) is 12.9. The average Bonchev–Trinajstić information content (AvgIpc) is 3.21. The highest BCUT2D eigenvalue weighted by atomic mass is 15.5. The van der Waals surface area contributed by atoms with Crippen molar-refractivity contribution < 1.29 is 0 Å². The van der Waals surface area contributed by atoms with Gasteiger partial charge in [0.05, 0.1) is 11.4 Å². The van der Waals surface area contributed by atoms with Crippen molar-refractivity contribution in [2.75, 3.05) is 26.2 Å². The van der Waals surface area contributed by atoms with E-state index in [-0.39, 0.29) is 0 Å². The summed E-state index contributed by atoms with van der Waals surface area (Å²) >= 11 is 0. The quantitative estimate of drug-likeness (QED) is 0.758. The molecule has 0 amide bonds. The largest absolute Gasteiger partial charge is 0.279 e. The molecule has 0 unspecified atom stereocenters. The first-order valence-electron chi connectivity index (χ1n) is 8.10. The highest BCUT2D eigenvalue weighted by Crippen LogP contribution is 2.10. The van der Waals surface area contributed by atoms with Crippen LogP contribution in [0.5, 0.6) is 0 Å². The molecular weight excluding hydrogens is 278 g/mol. The molecule has 0 aliphatic carbocycles. The summed E-state index contributed by atoms with van der Waals surface area (Å²) < 4.78 is 0. The zero-order chi connectivity index (χ0) is 15.0. The van der Waals surface area contributed by atoms with E-state index in [2.05, 4.69) is 25.7 Å². The van der Waals surface area contributed by atoms with E-state index in [1.807, 2.05) is 28.2 Å². The van der Waals surface area contributed by atoms with Crippen LogP contribution in [0.2, 0.25) is 0 Å². The number of nitrogens with zero attached hydrogens (tertiary/aromatic N) is 7. The van der Waals surface area contributed by atoms with Crippen LogP contribution in [0.4, 0.5) is 0 Å². The molecule has 22 heavy (non-hydrogen) atoms. The SMILES string of the molecule is c1cc(CN=NN2CCCC2)nc(CN=NN2CCCC2)c1. The third-order valence-corrected chi connectivity index (χ3v) is 3.87. The Balaban J connectivity index is 1.48. The Kier molecular flexibility index (Phi) is 5.28. The molecule has 0 saturated carbocycles. The minimum atomic E-state index is 0.521. The highest BCUT2D eigenvalue weighted by Gasteiger charge is 2.09. The molecule has 1 aromatic rings. The van der Waals surface area contributed by atoms with Crippen LogP contribution in [0.25, 0.3) is 0 Å². The summed E-state index contributed by atoms with van der Waals surface area (Å²) in [6.07, 6.45) is 4.87. The van der Waals surface area contributed by atoms with Gasteiger partial charge < -0.3 is 0 Å². The first-order chi connectivity index (χ1) is 10.9. The smallest absolute Gasteiger partial charge is 0.104 e. The Bertz CT molecular complexity index is 473. The minimum Gasteiger partial charge on any atom is -0.279 e. The van der Waals surface area contributed by atoms with Crippen LogP contribution in [0.1, 0.15) is 37.1 Å². The fourth-order valence-electron chi connectivity index (χ4n) is 2.67. The number of aromatic nitrogens is 1. The zero-order valence-corrected chi connectivity index (χ0v) is 12.9. The van der Waals surface area contributed by atoms with Crippen LogP contribution in [-0.2, 0) is 13.1 Å². The average molecular weight is 301 g/mol. The van der Waals surface area contributed by atoms with Gasteiger partial charge in [-0.2, -0.15) is 10.2 Å². The lowest BCUT2D eigenvalue weighted by atomic mass is 10.3. The first-order valence-corrected chi connectivity index (χ1v) is 8.10. The summed E-state index contributed by atoms with van der Waals surface area (Å²) in [4.78, 5) is 4.56. The molecule has 2 aliphatic rings. The molecule has 0 aromatic carbocycles. The molecule has 0 N–H and O–H groups in total. The maximum atomic E-state index is 4.56. The van der Waals surface area contributed by atoms with E-state index in [9.17, 15) is 0 Å². The van der Waals surface area contributed by atoms with E-state index < -0.39 is 0 Å². The molecule has 2 saturated heterocycles. The van der Waals surface area contributed by atoms with Gasteiger partial charge in [-0.15, -0.1) is 0 Å². The Hall–Kier alpha value is -2.05. The second-order valence-corrected chi connectivity index (χ2v) is 5.72. The van der Waals surface area contributed by atoms with Gasteiger partial charge in [-0.3, -0.25) is 15.0 Å². The van der Waals surface area contributed by atoms with Crippen LogP contribution in [0, 0.1) is 0 Å². The predicted octanol–water partition coefficient (Wildman–Crippen LogP) is 3.01. The summed E-state index contributed by atoms with van der Waals surface area (Å²) in [6.45, 7) is 5.13. The fourth-order valence-corrected chi connectivity index (χ4v) is 2.67. The maximum Gasteiger partial charge on any atom is 0.104 e. The third-order valence-electron chi connectivity index (χ3n) is 3.87. The van der Waals surface area contributed by atoms with Crippen LogP contribution in [0.15, 0.2) is 38.9 Å². The number of hydrogen-bond donors (Lipinski definition) is 0. The van der Waals surface area contributed by atoms with E-state index in [1.165, 1.54) is 25.7 Å². The molecule has 0 bridgehead atoms. The minimum absolute atomic E-state index is 0.521. The summed E-state index contributed by atoms with van der Waals surface area (Å²) in [5.41, 5.74) is 1.86. The highest BCUT2D eigenvalue weighted by molar-refractivity contribution is 5.11. The van der Waals surface area contributed by atoms with E-state index in [1.54, 1.807) is 0 Å².